The Morgan fingerprint density at radius 2 is 0.652 bits per heavy atom. The predicted octanol–water partition coefficient (Wildman–Crippen LogP) is 14.2. The van der Waals surface area contributed by atoms with Gasteiger partial charge in [-0.15, -0.1) is 0 Å². The molecule has 8 aromatic heterocycles. The number of aromatic nitrogens is 12. The molecule has 4 aromatic carbocycles. The van der Waals surface area contributed by atoms with Crippen molar-refractivity contribution in [2.24, 2.45) is 0 Å². The number of hydrogen-bond acceptors (Lipinski definition) is 17. The molecule has 23 heteroatoms. The van der Waals surface area contributed by atoms with E-state index < -0.39 is 22.4 Å². The summed E-state index contributed by atoms with van der Waals surface area (Å²) in [5, 5.41) is 45.9. The molecule has 0 aliphatic carbocycles. The molecule has 584 valence electrons. The molecule has 0 bridgehead atoms. The van der Waals surface area contributed by atoms with Gasteiger partial charge in [-0.05, 0) is 192 Å². The SMILES string of the molecule is COc1ccc(C(C)(O)Cn2c3c(c4nc(C)cnc42)C2CCCN2CC3)cc1.Cc1cnc2c(n1)c1c(n2CC(C)(O)c2ccc(Cl)cc2)CCN2CCCC12.Cc1cnc2c(n1)c1c(n2CC(C)(O)c2ccc(F)cc2)CCN2CCCC12.Cc1cnc2c(n1)c1c(n2CC(C)(O)c2ccccc2)CCN2CCCC12. The lowest BCUT2D eigenvalue weighted by Gasteiger charge is -2.32. The van der Waals surface area contributed by atoms with E-state index in [-0.39, 0.29) is 5.82 Å². The fourth-order valence-corrected chi connectivity index (χ4v) is 20.0. The van der Waals surface area contributed by atoms with Crippen molar-refractivity contribution in [2.75, 3.05) is 59.5 Å². The summed E-state index contributed by atoms with van der Waals surface area (Å²) in [5.74, 6) is 0.488. The summed E-state index contributed by atoms with van der Waals surface area (Å²) in [4.78, 5) is 48.7. The fourth-order valence-electron chi connectivity index (χ4n) is 19.8. The Morgan fingerprint density at radius 3 is 0.938 bits per heavy atom. The van der Waals surface area contributed by atoms with Gasteiger partial charge in [-0.25, -0.2) is 44.3 Å². The Balaban J connectivity index is 0.000000108. The van der Waals surface area contributed by atoms with Crippen LogP contribution in [0.5, 0.6) is 5.75 Å². The van der Waals surface area contributed by atoms with Crippen molar-refractivity contribution in [3.63, 3.8) is 0 Å². The second kappa shape index (κ2) is 30.1. The zero-order valence-electron chi connectivity index (χ0n) is 66.0. The van der Waals surface area contributed by atoms with E-state index >= 15 is 0 Å². The minimum Gasteiger partial charge on any atom is -0.497 e. The van der Waals surface area contributed by atoms with Gasteiger partial charge in [0.05, 0.1) is 80.9 Å². The smallest absolute Gasteiger partial charge is 0.159 e. The van der Waals surface area contributed by atoms with E-state index in [0.717, 1.165) is 155 Å². The summed E-state index contributed by atoms with van der Waals surface area (Å²) in [7, 11) is 1.65. The number of aryl methyl sites for hydroxylation is 4. The van der Waals surface area contributed by atoms with Crippen molar-refractivity contribution in [3.05, 3.63) is 229 Å². The van der Waals surface area contributed by atoms with Crippen molar-refractivity contribution in [3.8, 4) is 5.75 Å². The third kappa shape index (κ3) is 14.2. The number of rotatable bonds is 13. The molecule has 20 rings (SSSR count). The predicted molar refractivity (Wildman–Crippen MR) is 434 cm³/mol. The number of nitrogens with zero attached hydrogens (tertiary/aromatic N) is 16. The van der Waals surface area contributed by atoms with Crippen molar-refractivity contribution < 1.29 is 29.6 Å². The number of ether oxygens (including phenoxy) is 1. The summed E-state index contributed by atoms with van der Waals surface area (Å²) in [6.45, 7) is 26.1. The maximum atomic E-state index is 13.3. The van der Waals surface area contributed by atoms with E-state index in [1.165, 1.54) is 122 Å². The van der Waals surface area contributed by atoms with Crippen LogP contribution in [0.1, 0.15) is 193 Å². The molecule has 8 aliphatic rings. The average Bonchev–Trinajstić information content (AvgIpc) is 1.60. The maximum Gasteiger partial charge on any atom is 0.159 e. The number of aliphatic hydroxyl groups is 4. The van der Waals surface area contributed by atoms with Crippen LogP contribution in [0, 0.1) is 33.5 Å². The fraction of sp³-hybridized carbons (Fsp3) is 0.461. The Hall–Kier alpha value is -8.94. The Kier molecular flexibility index (Phi) is 20.4. The average molecular weight is 1530 g/mol. The molecule has 0 amide bonds. The van der Waals surface area contributed by atoms with Crippen LogP contribution in [-0.2, 0) is 74.3 Å². The van der Waals surface area contributed by atoms with E-state index in [4.69, 9.17) is 56.2 Å². The quantitative estimate of drug-likeness (QED) is 0.0842. The van der Waals surface area contributed by atoms with Gasteiger partial charge < -0.3 is 43.4 Å². The van der Waals surface area contributed by atoms with Crippen molar-refractivity contribution >= 4 is 56.3 Å². The molecular formula is C89H104ClFN16O5. The first kappa shape index (κ1) is 75.7. The lowest BCUT2D eigenvalue weighted by Crippen LogP contribution is -2.33. The maximum absolute atomic E-state index is 13.3. The van der Waals surface area contributed by atoms with E-state index in [1.54, 1.807) is 32.4 Å². The molecule has 8 aliphatic heterocycles. The number of fused-ring (bicyclic) bond motifs is 20. The molecule has 0 saturated carbocycles. The highest BCUT2D eigenvalue weighted by atomic mass is 35.5. The summed E-state index contributed by atoms with van der Waals surface area (Å²) in [6, 6.07) is 32.9. The van der Waals surface area contributed by atoms with Crippen molar-refractivity contribution in [2.45, 2.75) is 205 Å². The molecule has 112 heavy (non-hydrogen) atoms. The van der Waals surface area contributed by atoms with Gasteiger partial charge in [-0.2, -0.15) is 0 Å². The highest BCUT2D eigenvalue weighted by Crippen LogP contribution is 2.48. The van der Waals surface area contributed by atoms with E-state index in [0.29, 0.717) is 60.9 Å². The van der Waals surface area contributed by atoms with Gasteiger partial charge in [0.2, 0.25) is 0 Å². The lowest BCUT2D eigenvalue weighted by atomic mass is 9.95. The summed E-state index contributed by atoms with van der Waals surface area (Å²) in [5.41, 5.74) is 21.0. The molecule has 16 heterocycles. The van der Waals surface area contributed by atoms with Crippen LogP contribution in [0.25, 0.3) is 44.7 Å². The van der Waals surface area contributed by atoms with Gasteiger partial charge in [-0.3, -0.25) is 19.6 Å². The van der Waals surface area contributed by atoms with Crippen LogP contribution in [0.15, 0.2) is 128 Å². The second-order valence-electron chi connectivity index (χ2n) is 33.5. The second-order valence-corrected chi connectivity index (χ2v) is 33.9. The Morgan fingerprint density at radius 1 is 0.384 bits per heavy atom. The summed E-state index contributed by atoms with van der Waals surface area (Å²) in [6.07, 6.45) is 20.8. The molecule has 4 N–H and O–H groups in total. The first-order valence-corrected chi connectivity index (χ1v) is 40.7. The molecule has 12 aromatic rings. The zero-order valence-corrected chi connectivity index (χ0v) is 66.8. The minimum atomic E-state index is -1.13. The van der Waals surface area contributed by atoms with Crippen LogP contribution >= 0.6 is 11.6 Å². The minimum absolute atomic E-state index is 0.300. The lowest BCUT2D eigenvalue weighted by molar-refractivity contribution is 0.0377. The molecule has 8 atom stereocenters. The molecule has 8 unspecified atom stereocenters. The normalized spacial score (nSPS) is 21.5. The topological polar surface area (TPSA) is 226 Å². The largest absolute Gasteiger partial charge is 0.497 e. The Bertz CT molecular complexity index is 5310. The van der Waals surface area contributed by atoms with Crippen LogP contribution < -0.4 is 4.74 Å². The standard InChI is InChI=1S/C23H28N4O2.C22H25ClN4O.C22H25FN4O.C22H26N4O/c1-15-13-24-22-21(25-15)20-18-5-4-11-26(18)12-10-19(20)27(22)14-23(2,28)16-6-8-17(29-3)9-7-16;2*1-14-12-24-21-20(25-14)19-17-4-3-10-26(17)11-9-18(19)27(21)13-22(2,28)15-5-7-16(23)8-6-15;1-15-13-23-21-20(24-15)19-17-9-6-11-25(17)12-10-18(19)26(21)14-22(2,27)16-7-4-3-5-8-16/h6-9,13,18,28H,4-5,10-12,14H2,1-3H3;2*5-8,12,17,28H,3-4,9-11,13H2,1-2H3;3-5,7-8,13,17,27H,6,9-12,14H2,1-2H3. The van der Waals surface area contributed by atoms with Crippen LogP contribution in [0.3, 0.4) is 0 Å². The van der Waals surface area contributed by atoms with Gasteiger partial charge in [0.15, 0.2) is 22.6 Å². The number of methoxy groups -OCH3 is 1. The molecule has 4 saturated heterocycles. The van der Waals surface area contributed by atoms with Gasteiger partial charge in [0, 0.05) is 126 Å². The van der Waals surface area contributed by atoms with E-state index in [9.17, 15) is 24.8 Å². The number of hydrogen-bond donors (Lipinski definition) is 4. The third-order valence-corrected chi connectivity index (χ3v) is 25.6. The van der Waals surface area contributed by atoms with Crippen LogP contribution in [0.2, 0.25) is 5.02 Å². The Labute approximate surface area is 659 Å². The third-order valence-electron chi connectivity index (χ3n) is 25.3. The first-order chi connectivity index (χ1) is 53.9. The van der Waals surface area contributed by atoms with Gasteiger partial charge in [-0.1, -0.05) is 78.3 Å². The molecule has 0 spiro atoms. The van der Waals surface area contributed by atoms with Gasteiger partial charge in [0.25, 0.3) is 0 Å². The first-order valence-electron chi connectivity index (χ1n) is 40.4. The van der Waals surface area contributed by atoms with Crippen LogP contribution in [0.4, 0.5) is 4.39 Å². The van der Waals surface area contributed by atoms with Crippen molar-refractivity contribution in [1.82, 2.24) is 77.7 Å². The highest BCUT2D eigenvalue weighted by Gasteiger charge is 2.43. The zero-order chi connectivity index (χ0) is 77.7. The van der Waals surface area contributed by atoms with Crippen molar-refractivity contribution in [1.29, 1.82) is 0 Å². The van der Waals surface area contributed by atoms with Crippen LogP contribution in [-0.4, -0.2) is 158 Å². The summed E-state index contributed by atoms with van der Waals surface area (Å²) < 4.78 is 27.4. The number of benzene rings is 4. The van der Waals surface area contributed by atoms with E-state index in [2.05, 4.69) is 37.9 Å². The monoisotopic (exact) mass is 1530 g/mol. The molecule has 21 nitrogen and oxygen atoms in total. The highest BCUT2D eigenvalue weighted by molar-refractivity contribution is 6.30. The molecular weight excluding hydrogens is 1430 g/mol. The number of halogens is 2. The van der Waals surface area contributed by atoms with Gasteiger partial charge >= 0.3 is 0 Å². The summed E-state index contributed by atoms with van der Waals surface area (Å²) >= 11 is 6.03. The molecule has 0 radical (unpaired) electrons. The van der Waals surface area contributed by atoms with E-state index in [1.807, 2.05) is 146 Å². The molecule has 4 fully saturated rings. The van der Waals surface area contributed by atoms with Gasteiger partial charge in [0.1, 0.15) is 56.0 Å².